The molecule has 0 bridgehead atoms. The van der Waals surface area contributed by atoms with Crippen molar-refractivity contribution in [1.82, 2.24) is 10.2 Å². The lowest BCUT2D eigenvalue weighted by molar-refractivity contribution is 0.258. The lowest BCUT2D eigenvalue weighted by Crippen LogP contribution is -2.31. The Morgan fingerprint density at radius 2 is 2.05 bits per heavy atom. The topological polar surface area (TPSA) is 15.3 Å². The van der Waals surface area contributed by atoms with Crippen molar-refractivity contribution in [3.8, 4) is 0 Å². The second-order valence-corrected chi connectivity index (χ2v) is 5.76. The summed E-state index contributed by atoms with van der Waals surface area (Å²) < 4.78 is 13.9. The molecule has 0 amide bonds. The Hall–Kier alpha value is -0.930. The standard InChI is InChI=1S/C17H27FN2/c1-3-19-17(15-7-5-6-8-16(15)18)11-12-20(4-2)13-14-9-10-14/h5-8,14,17,19H,3-4,9-13H2,1-2H3. The highest BCUT2D eigenvalue weighted by Crippen LogP contribution is 2.30. The van der Waals surface area contributed by atoms with Crippen LogP contribution in [0.5, 0.6) is 0 Å². The number of hydrogen-bond donors (Lipinski definition) is 1. The average molecular weight is 278 g/mol. The van der Waals surface area contributed by atoms with Gasteiger partial charge in [0.2, 0.25) is 0 Å². The van der Waals surface area contributed by atoms with Gasteiger partial charge < -0.3 is 10.2 Å². The Kier molecular flexibility index (Phi) is 5.99. The van der Waals surface area contributed by atoms with E-state index >= 15 is 0 Å². The van der Waals surface area contributed by atoms with Crippen LogP contribution in [0.15, 0.2) is 24.3 Å². The Bertz CT molecular complexity index is 404. The smallest absolute Gasteiger partial charge is 0.127 e. The van der Waals surface area contributed by atoms with Gasteiger partial charge in [0.15, 0.2) is 0 Å². The molecule has 1 saturated carbocycles. The molecule has 1 aromatic rings. The normalized spacial score (nSPS) is 16.6. The number of nitrogens with one attached hydrogen (secondary N) is 1. The SMILES string of the molecule is CCNC(CCN(CC)CC1CC1)c1ccccc1F. The van der Waals surface area contributed by atoms with E-state index in [9.17, 15) is 4.39 Å². The van der Waals surface area contributed by atoms with Gasteiger partial charge in [-0.05, 0) is 50.9 Å². The Labute approximate surface area is 122 Å². The number of rotatable bonds is 9. The van der Waals surface area contributed by atoms with Crippen LogP contribution < -0.4 is 5.32 Å². The molecule has 1 N–H and O–H groups in total. The second kappa shape index (κ2) is 7.75. The summed E-state index contributed by atoms with van der Waals surface area (Å²) >= 11 is 0. The van der Waals surface area contributed by atoms with Gasteiger partial charge in [-0.3, -0.25) is 0 Å². The monoisotopic (exact) mass is 278 g/mol. The predicted molar refractivity (Wildman–Crippen MR) is 82.3 cm³/mol. The molecular weight excluding hydrogens is 251 g/mol. The highest BCUT2D eigenvalue weighted by Gasteiger charge is 2.24. The van der Waals surface area contributed by atoms with Gasteiger partial charge in [-0.1, -0.05) is 32.0 Å². The molecule has 1 unspecified atom stereocenters. The van der Waals surface area contributed by atoms with Crippen molar-refractivity contribution >= 4 is 0 Å². The first-order valence-electron chi connectivity index (χ1n) is 7.94. The van der Waals surface area contributed by atoms with Gasteiger partial charge in [-0.15, -0.1) is 0 Å². The molecule has 3 heteroatoms. The molecule has 1 aliphatic rings. The molecule has 0 aliphatic heterocycles. The van der Waals surface area contributed by atoms with Gasteiger partial charge in [0, 0.05) is 18.2 Å². The van der Waals surface area contributed by atoms with E-state index in [0.717, 1.165) is 37.5 Å². The molecule has 20 heavy (non-hydrogen) atoms. The fourth-order valence-electron chi connectivity index (χ4n) is 2.73. The van der Waals surface area contributed by atoms with Crippen LogP contribution in [0.4, 0.5) is 4.39 Å². The van der Waals surface area contributed by atoms with Crippen LogP contribution in [0.1, 0.15) is 44.7 Å². The molecule has 1 fully saturated rings. The highest BCUT2D eigenvalue weighted by molar-refractivity contribution is 5.21. The Balaban J connectivity index is 1.92. The first-order valence-corrected chi connectivity index (χ1v) is 7.94. The van der Waals surface area contributed by atoms with E-state index in [1.54, 1.807) is 12.1 Å². The zero-order valence-electron chi connectivity index (χ0n) is 12.7. The molecule has 2 rings (SSSR count). The van der Waals surface area contributed by atoms with Gasteiger partial charge in [0.1, 0.15) is 5.82 Å². The number of hydrogen-bond acceptors (Lipinski definition) is 2. The third-order valence-corrected chi connectivity index (χ3v) is 4.13. The van der Waals surface area contributed by atoms with Crippen molar-refractivity contribution in [1.29, 1.82) is 0 Å². The lowest BCUT2D eigenvalue weighted by Gasteiger charge is -2.25. The summed E-state index contributed by atoms with van der Waals surface area (Å²) in [6.45, 7) is 8.51. The van der Waals surface area contributed by atoms with Crippen LogP contribution in [0, 0.1) is 11.7 Å². The van der Waals surface area contributed by atoms with Gasteiger partial charge in [0.25, 0.3) is 0 Å². The Morgan fingerprint density at radius 3 is 2.65 bits per heavy atom. The zero-order chi connectivity index (χ0) is 14.4. The molecule has 0 saturated heterocycles. The van der Waals surface area contributed by atoms with Gasteiger partial charge in [0.05, 0.1) is 0 Å². The summed E-state index contributed by atoms with van der Waals surface area (Å²) in [5.74, 6) is 0.824. The molecular formula is C17H27FN2. The molecule has 1 aliphatic carbocycles. The maximum Gasteiger partial charge on any atom is 0.127 e. The first-order chi connectivity index (χ1) is 9.74. The molecule has 0 aromatic heterocycles. The number of nitrogens with zero attached hydrogens (tertiary/aromatic N) is 1. The number of halogens is 1. The molecule has 112 valence electrons. The summed E-state index contributed by atoms with van der Waals surface area (Å²) in [5.41, 5.74) is 0.803. The van der Waals surface area contributed by atoms with Gasteiger partial charge in [-0.2, -0.15) is 0 Å². The lowest BCUT2D eigenvalue weighted by atomic mass is 10.0. The summed E-state index contributed by atoms with van der Waals surface area (Å²) in [4.78, 5) is 2.50. The predicted octanol–water partition coefficient (Wildman–Crippen LogP) is 3.60. The van der Waals surface area contributed by atoms with Crippen LogP contribution in [-0.2, 0) is 0 Å². The molecule has 0 spiro atoms. The maximum absolute atomic E-state index is 13.9. The van der Waals surface area contributed by atoms with E-state index < -0.39 is 0 Å². The minimum absolute atomic E-state index is 0.0938. The third-order valence-electron chi connectivity index (χ3n) is 4.13. The minimum Gasteiger partial charge on any atom is -0.310 e. The summed E-state index contributed by atoms with van der Waals surface area (Å²) in [5, 5.41) is 3.42. The van der Waals surface area contributed by atoms with Crippen LogP contribution in [0.25, 0.3) is 0 Å². The molecule has 0 heterocycles. The zero-order valence-corrected chi connectivity index (χ0v) is 12.7. The minimum atomic E-state index is -0.0938. The van der Waals surface area contributed by atoms with Crippen molar-refractivity contribution in [3.05, 3.63) is 35.6 Å². The van der Waals surface area contributed by atoms with Crippen molar-refractivity contribution in [2.24, 2.45) is 5.92 Å². The maximum atomic E-state index is 13.9. The van der Waals surface area contributed by atoms with E-state index in [1.165, 1.54) is 19.4 Å². The van der Waals surface area contributed by atoms with Gasteiger partial charge in [-0.25, -0.2) is 4.39 Å². The van der Waals surface area contributed by atoms with Crippen molar-refractivity contribution in [3.63, 3.8) is 0 Å². The van der Waals surface area contributed by atoms with Crippen molar-refractivity contribution in [2.45, 2.75) is 39.2 Å². The molecule has 2 nitrogen and oxygen atoms in total. The largest absolute Gasteiger partial charge is 0.310 e. The number of benzene rings is 1. The average Bonchev–Trinajstić information content (AvgIpc) is 3.26. The molecule has 1 aromatic carbocycles. The second-order valence-electron chi connectivity index (χ2n) is 5.76. The van der Waals surface area contributed by atoms with E-state index in [0.29, 0.717) is 0 Å². The fourth-order valence-corrected chi connectivity index (χ4v) is 2.73. The summed E-state index contributed by atoms with van der Waals surface area (Å²) in [6, 6.07) is 7.26. The van der Waals surface area contributed by atoms with Crippen molar-refractivity contribution in [2.75, 3.05) is 26.2 Å². The van der Waals surface area contributed by atoms with E-state index in [-0.39, 0.29) is 11.9 Å². The van der Waals surface area contributed by atoms with Crippen LogP contribution in [0.3, 0.4) is 0 Å². The third kappa shape index (κ3) is 4.57. The van der Waals surface area contributed by atoms with Crippen LogP contribution >= 0.6 is 0 Å². The van der Waals surface area contributed by atoms with E-state index in [2.05, 4.69) is 24.1 Å². The van der Waals surface area contributed by atoms with Crippen molar-refractivity contribution < 1.29 is 4.39 Å². The quantitative estimate of drug-likeness (QED) is 0.742. The van der Waals surface area contributed by atoms with Gasteiger partial charge >= 0.3 is 0 Å². The molecule has 1 atom stereocenters. The van der Waals surface area contributed by atoms with E-state index in [4.69, 9.17) is 0 Å². The van der Waals surface area contributed by atoms with Crippen LogP contribution in [-0.4, -0.2) is 31.1 Å². The summed E-state index contributed by atoms with van der Waals surface area (Å²) in [7, 11) is 0. The Morgan fingerprint density at radius 1 is 1.30 bits per heavy atom. The highest BCUT2D eigenvalue weighted by atomic mass is 19.1. The molecule has 0 radical (unpaired) electrons. The fraction of sp³-hybridized carbons (Fsp3) is 0.647. The van der Waals surface area contributed by atoms with Crippen LogP contribution in [0.2, 0.25) is 0 Å². The van der Waals surface area contributed by atoms with E-state index in [1.807, 2.05) is 12.1 Å². The summed E-state index contributed by atoms with van der Waals surface area (Å²) in [6.07, 6.45) is 3.75. The first kappa shape index (κ1) is 15.5.